The monoisotopic (exact) mass is 399 g/mol. The highest BCUT2D eigenvalue weighted by molar-refractivity contribution is 6.30. The molecule has 4 rings (SSSR count). The molecule has 2 N–H and O–H groups in total. The van der Waals surface area contributed by atoms with E-state index in [-0.39, 0.29) is 12.5 Å². The molecule has 1 amide bonds. The van der Waals surface area contributed by atoms with Gasteiger partial charge >= 0.3 is 0 Å². The summed E-state index contributed by atoms with van der Waals surface area (Å²) in [6.07, 6.45) is 2.60. The maximum Gasteiger partial charge on any atom is 0.262 e. The normalized spacial score (nSPS) is 14.5. The number of hydrogen-bond donors (Lipinski definition) is 2. The standard InChI is InChI=1S/C21H23ClN4O2/c1-25-19-9-6-16(12-18(19)24-20(25)13-26-10-2-3-11-26)23-21(27)14-28-17-7-4-15(22)5-8-17/h4-9,12H,2-3,10-11,13-14H2,1H3,(H,23,27)/p+1. The minimum Gasteiger partial charge on any atom is -0.484 e. The van der Waals surface area contributed by atoms with Crippen molar-refractivity contribution < 1.29 is 14.4 Å². The topological polar surface area (TPSA) is 60.6 Å². The van der Waals surface area contributed by atoms with Crippen LogP contribution in [0.1, 0.15) is 18.7 Å². The quantitative estimate of drug-likeness (QED) is 0.669. The number of fused-ring (bicyclic) bond motifs is 1. The average molecular weight is 400 g/mol. The molecule has 1 aromatic heterocycles. The summed E-state index contributed by atoms with van der Waals surface area (Å²) in [6.45, 7) is 3.32. The minimum absolute atomic E-state index is 0.0640. The van der Waals surface area contributed by atoms with Crippen molar-refractivity contribution >= 4 is 34.2 Å². The molecule has 0 atom stereocenters. The second-order valence-electron chi connectivity index (χ2n) is 7.22. The summed E-state index contributed by atoms with van der Waals surface area (Å²) in [4.78, 5) is 18.6. The maximum atomic E-state index is 12.2. The average Bonchev–Trinajstić information content (AvgIpc) is 3.30. The van der Waals surface area contributed by atoms with Gasteiger partial charge in [0.25, 0.3) is 5.91 Å². The summed E-state index contributed by atoms with van der Waals surface area (Å²) in [5.41, 5.74) is 2.69. The fourth-order valence-corrected chi connectivity index (χ4v) is 3.76. The van der Waals surface area contributed by atoms with Gasteiger partial charge < -0.3 is 19.5 Å². The molecule has 3 aromatic rings. The highest BCUT2D eigenvalue weighted by atomic mass is 35.5. The van der Waals surface area contributed by atoms with E-state index in [2.05, 4.69) is 16.9 Å². The van der Waals surface area contributed by atoms with Gasteiger partial charge in [-0.15, -0.1) is 0 Å². The van der Waals surface area contributed by atoms with E-state index >= 15 is 0 Å². The number of carbonyl (C=O) groups excluding carboxylic acids is 1. The van der Waals surface area contributed by atoms with Gasteiger partial charge in [0.15, 0.2) is 12.4 Å². The number of hydrogen-bond acceptors (Lipinski definition) is 3. The third kappa shape index (κ3) is 4.29. The highest BCUT2D eigenvalue weighted by Crippen LogP contribution is 2.20. The summed E-state index contributed by atoms with van der Waals surface area (Å²) in [5.74, 6) is 1.47. The summed E-state index contributed by atoms with van der Waals surface area (Å²) in [6, 6.07) is 12.7. The van der Waals surface area contributed by atoms with E-state index in [1.54, 1.807) is 29.2 Å². The number of nitrogens with one attached hydrogen (secondary N) is 2. The first-order chi connectivity index (χ1) is 13.6. The van der Waals surface area contributed by atoms with E-state index in [1.807, 2.05) is 18.2 Å². The SMILES string of the molecule is Cn1c(C[NH+]2CCCC2)nc2cc(NC(=O)COc3ccc(Cl)cc3)ccc21. The number of nitrogens with zero attached hydrogens (tertiary/aromatic N) is 2. The van der Waals surface area contributed by atoms with Gasteiger partial charge in [-0.2, -0.15) is 0 Å². The molecule has 1 fully saturated rings. The van der Waals surface area contributed by atoms with Crippen molar-refractivity contribution in [3.63, 3.8) is 0 Å². The Balaban J connectivity index is 1.40. The van der Waals surface area contributed by atoms with Crippen molar-refractivity contribution in [1.82, 2.24) is 9.55 Å². The van der Waals surface area contributed by atoms with Crippen LogP contribution >= 0.6 is 11.6 Å². The van der Waals surface area contributed by atoms with Crippen LogP contribution < -0.4 is 15.0 Å². The number of anilines is 1. The van der Waals surface area contributed by atoms with E-state index in [0.29, 0.717) is 10.8 Å². The van der Waals surface area contributed by atoms with Crippen molar-refractivity contribution in [2.75, 3.05) is 25.0 Å². The number of halogens is 1. The Bertz CT molecular complexity index is 978. The Kier molecular flexibility index (Phi) is 5.50. The van der Waals surface area contributed by atoms with Crippen LogP contribution in [-0.4, -0.2) is 35.2 Å². The van der Waals surface area contributed by atoms with Crippen LogP contribution in [-0.2, 0) is 18.4 Å². The fourth-order valence-electron chi connectivity index (χ4n) is 3.64. The Morgan fingerprint density at radius 1 is 1.21 bits per heavy atom. The predicted molar refractivity (Wildman–Crippen MR) is 110 cm³/mol. The van der Waals surface area contributed by atoms with E-state index in [0.717, 1.165) is 29.1 Å². The molecule has 0 aliphatic carbocycles. The number of quaternary nitrogens is 1. The summed E-state index contributed by atoms with van der Waals surface area (Å²) in [7, 11) is 2.05. The number of rotatable bonds is 6. The molecule has 28 heavy (non-hydrogen) atoms. The zero-order valence-electron chi connectivity index (χ0n) is 15.9. The number of benzene rings is 2. The molecule has 6 nitrogen and oxygen atoms in total. The van der Waals surface area contributed by atoms with Crippen LogP contribution in [0.4, 0.5) is 5.69 Å². The molecule has 2 aromatic carbocycles. The smallest absolute Gasteiger partial charge is 0.262 e. The van der Waals surface area contributed by atoms with Crippen molar-refractivity contribution in [3.05, 3.63) is 53.3 Å². The molecule has 1 aliphatic rings. The lowest BCUT2D eigenvalue weighted by Crippen LogP contribution is -3.08. The number of amides is 1. The Hall–Kier alpha value is -2.57. The van der Waals surface area contributed by atoms with Gasteiger partial charge in [0.2, 0.25) is 0 Å². The van der Waals surface area contributed by atoms with E-state index in [1.165, 1.54) is 25.9 Å². The first-order valence-corrected chi connectivity index (χ1v) is 9.93. The third-order valence-corrected chi connectivity index (χ3v) is 5.41. The van der Waals surface area contributed by atoms with Gasteiger partial charge in [-0.1, -0.05) is 11.6 Å². The molecule has 7 heteroatoms. The molecule has 0 spiro atoms. The van der Waals surface area contributed by atoms with Crippen molar-refractivity contribution in [3.8, 4) is 5.75 Å². The summed E-state index contributed by atoms with van der Waals surface area (Å²) >= 11 is 5.85. The molecule has 0 unspecified atom stereocenters. The van der Waals surface area contributed by atoms with Gasteiger partial charge in [0.05, 0.1) is 24.1 Å². The second kappa shape index (κ2) is 8.20. The second-order valence-corrected chi connectivity index (χ2v) is 7.65. The zero-order chi connectivity index (χ0) is 19.5. The Labute approximate surface area is 169 Å². The molecule has 0 radical (unpaired) electrons. The summed E-state index contributed by atoms with van der Waals surface area (Å²) < 4.78 is 7.64. The van der Waals surface area contributed by atoms with Crippen molar-refractivity contribution in [2.45, 2.75) is 19.4 Å². The van der Waals surface area contributed by atoms with E-state index < -0.39 is 0 Å². The van der Waals surface area contributed by atoms with Crippen LogP contribution in [0, 0.1) is 0 Å². The predicted octanol–water partition coefficient (Wildman–Crippen LogP) is 2.42. The molecule has 0 saturated carbocycles. The van der Waals surface area contributed by atoms with Gasteiger partial charge in [-0.25, -0.2) is 4.98 Å². The van der Waals surface area contributed by atoms with Gasteiger partial charge in [0, 0.05) is 30.6 Å². The lowest BCUT2D eigenvalue weighted by molar-refractivity contribution is -0.902. The van der Waals surface area contributed by atoms with E-state index in [4.69, 9.17) is 21.3 Å². The molecule has 0 bridgehead atoms. The van der Waals surface area contributed by atoms with Crippen LogP contribution in [0.3, 0.4) is 0 Å². The van der Waals surface area contributed by atoms with Crippen molar-refractivity contribution in [2.24, 2.45) is 7.05 Å². The zero-order valence-corrected chi connectivity index (χ0v) is 16.6. The molecule has 146 valence electrons. The van der Waals surface area contributed by atoms with Crippen LogP contribution in [0.15, 0.2) is 42.5 Å². The van der Waals surface area contributed by atoms with Gasteiger partial charge in [-0.05, 0) is 42.5 Å². The van der Waals surface area contributed by atoms with Crippen molar-refractivity contribution in [1.29, 1.82) is 0 Å². The molecule has 1 saturated heterocycles. The number of likely N-dealkylation sites (tertiary alicyclic amines) is 1. The molecular weight excluding hydrogens is 376 g/mol. The lowest BCUT2D eigenvalue weighted by atomic mass is 10.2. The first kappa shape index (κ1) is 18.8. The molecule has 2 heterocycles. The Morgan fingerprint density at radius 3 is 2.71 bits per heavy atom. The number of imidazole rings is 1. The van der Waals surface area contributed by atoms with Crippen LogP contribution in [0.5, 0.6) is 5.75 Å². The highest BCUT2D eigenvalue weighted by Gasteiger charge is 2.19. The van der Waals surface area contributed by atoms with Gasteiger partial charge in [0.1, 0.15) is 12.3 Å². The fraction of sp³-hybridized carbons (Fsp3) is 0.333. The number of aromatic nitrogens is 2. The first-order valence-electron chi connectivity index (χ1n) is 9.55. The summed E-state index contributed by atoms with van der Waals surface area (Å²) in [5, 5.41) is 3.50. The van der Waals surface area contributed by atoms with E-state index in [9.17, 15) is 4.79 Å². The van der Waals surface area contributed by atoms with Crippen LogP contribution in [0.25, 0.3) is 11.0 Å². The minimum atomic E-state index is -0.216. The largest absolute Gasteiger partial charge is 0.484 e. The van der Waals surface area contributed by atoms with Crippen LogP contribution in [0.2, 0.25) is 5.02 Å². The third-order valence-electron chi connectivity index (χ3n) is 5.16. The lowest BCUT2D eigenvalue weighted by Gasteiger charge is -2.11. The Morgan fingerprint density at radius 2 is 1.96 bits per heavy atom. The maximum absolute atomic E-state index is 12.2. The molecule has 1 aliphatic heterocycles. The number of aryl methyl sites for hydroxylation is 1. The van der Waals surface area contributed by atoms with Gasteiger partial charge in [-0.3, -0.25) is 4.79 Å². The number of ether oxygens (including phenoxy) is 1. The number of carbonyl (C=O) groups is 1. The molecular formula is C21H24ClN4O2+.